The van der Waals surface area contributed by atoms with Gasteiger partial charge in [-0.1, -0.05) is 24.3 Å². The molecule has 4 rings (SSSR count). The van der Waals surface area contributed by atoms with Crippen LogP contribution in [0.2, 0.25) is 0 Å². The molecule has 0 spiro atoms. The molecule has 182 valence electrons. The lowest BCUT2D eigenvalue weighted by Gasteiger charge is -2.23. The molecular formula is C25H23FN2O6S. The van der Waals surface area contributed by atoms with Crippen LogP contribution in [-0.2, 0) is 25.9 Å². The number of hydrogen-bond donors (Lipinski definition) is 1. The molecule has 0 unspecified atom stereocenters. The Kier molecular flexibility index (Phi) is 6.97. The van der Waals surface area contributed by atoms with Gasteiger partial charge in [0.1, 0.15) is 5.82 Å². The number of methoxy groups -OCH3 is 2. The second-order valence-electron chi connectivity index (χ2n) is 7.81. The molecule has 0 fully saturated rings. The van der Waals surface area contributed by atoms with E-state index in [1.54, 1.807) is 12.1 Å². The van der Waals surface area contributed by atoms with Crippen molar-refractivity contribution in [3.63, 3.8) is 0 Å². The quantitative estimate of drug-likeness (QED) is 0.502. The molecule has 10 heteroatoms. The number of ether oxygens (including phenoxy) is 2. The second kappa shape index (κ2) is 9.95. The van der Waals surface area contributed by atoms with Crippen molar-refractivity contribution in [3.8, 4) is 0 Å². The lowest BCUT2D eigenvalue weighted by Crippen LogP contribution is -2.34. The number of fused-ring (bicyclic) bond motifs is 2. The number of amides is 2. The lowest BCUT2D eigenvalue weighted by atomic mass is 10.1. The minimum absolute atomic E-state index is 0.0137. The Morgan fingerprint density at radius 2 is 1.69 bits per heavy atom. The predicted octanol–water partition coefficient (Wildman–Crippen LogP) is 3.17. The van der Waals surface area contributed by atoms with Crippen LogP contribution >= 0.6 is 0 Å². The van der Waals surface area contributed by atoms with Crippen molar-refractivity contribution in [1.29, 1.82) is 0 Å². The Morgan fingerprint density at radius 3 is 2.37 bits per heavy atom. The van der Waals surface area contributed by atoms with E-state index in [0.717, 1.165) is 0 Å². The highest BCUT2D eigenvalue weighted by atomic mass is 32.2. The van der Waals surface area contributed by atoms with E-state index >= 15 is 0 Å². The van der Waals surface area contributed by atoms with Gasteiger partial charge in [0.25, 0.3) is 11.8 Å². The van der Waals surface area contributed by atoms with Crippen LogP contribution in [0.3, 0.4) is 0 Å². The van der Waals surface area contributed by atoms with Crippen molar-refractivity contribution in [2.75, 3.05) is 25.7 Å². The van der Waals surface area contributed by atoms with Crippen molar-refractivity contribution in [1.82, 2.24) is 5.32 Å². The average Bonchev–Trinajstić information content (AvgIpc) is 2.93. The topological polar surface area (TPSA) is 102 Å². The van der Waals surface area contributed by atoms with Crippen LogP contribution in [0.1, 0.15) is 26.3 Å². The van der Waals surface area contributed by atoms with E-state index in [9.17, 15) is 22.4 Å². The Morgan fingerprint density at radius 1 is 1.00 bits per heavy atom. The number of nitrogens with one attached hydrogen (secondary N) is 1. The SMILES string of the molecule is COC(CNC(=O)c1ccc2c(c1)N(Cc1ccc(F)cc1)C(=O)c1ccccc1S2(=O)=O)OC. The molecule has 0 aromatic heterocycles. The van der Waals surface area contributed by atoms with Crippen molar-refractivity contribution >= 4 is 27.3 Å². The molecule has 3 aromatic rings. The van der Waals surface area contributed by atoms with Gasteiger partial charge in [0.2, 0.25) is 9.84 Å². The van der Waals surface area contributed by atoms with Crippen molar-refractivity contribution in [2.45, 2.75) is 22.6 Å². The Bertz CT molecular complexity index is 1370. The minimum Gasteiger partial charge on any atom is -0.354 e. The number of carbonyl (C=O) groups is 2. The molecule has 0 saturated heterocycles. The van der Waals surface area contributed by atoms with Gasteiger partial charge in [0.15, 0.2) is 6.29 Å². The summed E-state index contributed by atoms with van der Waals surface area (Å²) in [6, 6.07) is 15.6. The normalized spacial score (nSPS) is 14.3. The zero-order valence-corrected chi connectivity index (χ0v) is 19.8. The van der Waals surface area contributed by atoms with Crippen LogP contribution in [0.15, 0.2) is 76.5 Å². The number of sulfone groups is 1. The molecule has 35 heavy (non-hydrogen) atoms. The second-order valence-corrected chi connectivity index (χ2v) is 9.70. The average molecular weight is 499 g/mol. The number of rotatable bonds is 7. The van der Waals surface area contributed by atoms with E-state index in [1.807, 2.05) is 0 Å². The Hall–Kier alpha value is -3.60. The van der Waals surface area contributed by atoms with Gasteiger partial charge in [-0.2, -0.15) is 0 Å². The van der Waals surface area contributed by atoms with Crippen molar-refractivity contribution in [2.24, 2.45) is 0 Å². The molecule has 3 aromatic carbocycles. The van der Waals surface area contributed by atoms with Crippen LogP contribution in [0.4, 0.5) is 10.1 Å². The number of hydrogen-bond acceptors (Lipinski definition) is 6. The summed E-state index contributed by atoms with van der Waals surface area (Å²) in [6.07, 6.45) is -0.661. The smallest absolute Gasteiger partial charge is 0.259 e. The van der Waals surface area contributed by atoms with Crippen molar-refractivity contribution in [3.05, 3.63) is 89.2 Å². The van der Waals surface area contributed by atoms with Gasteiger partial charge < -0.3 is 19.7 Å². The van der Waals surface area contributed by atoms with Gasteiger partial charge in [-0.05, 0) is 48.0 Å². The maximum atomic E-state index is 13.6. The van der Waals surface area contributed by atoms with Gasteiger partial charge in [0, 0.05) is 19.8 Å². The first-order valence-corrected chi connectivity index (χ1v) is 12.1. The minimum atomic E-state index is -4.07. The van der Waals surface area contributed by atoms with Gasteiger partial charge in [0.05, 0.1) is 34.1 Å². The molecule has 1 heterocycles. The predicted molar refractivity (Wildman–Crippen MR) is 125 cm³/mol. The zero-order chi connectivity index (χ0) is 25.2. The first kappa shape index (κ1) is 24.5. The third-order valence-corrected chi connectivity index (χ3v) is 7.52. The van der Waals surface area contributed by atoms with E-state index in [1.165, 1.54) is 73.7 Å². The number of carbonyl (C=O) groups excluding carboxylic acids is 2. The number of nitrogens with zero attached hydrogens (tertiary/aromatic N) is 1. The zero-order valence-electron chi connectivity index (χ0n) is 19.0. The van der Waals surface area contributed by atoms with E-state index < -0.39 is 33.8 Å². The summed E-state index contributed by atoms with van der Waals surface area (Å²) >= 11 is 0. The maximum absolute atomic E-state index is 13.6. The summed E-state index contributed by atoms with van der Waals surface area (Å²) in [7, 11) is -1.20. The van der Waals surface area contributed by atoms with E-state index in [4.69, 9.17) is 9.47 Å². The molecule has 0 saturated carbocycles. The summed E-state index contributed by atoms with van der Waals surface area (Å²) in [5.74, 6) is -1.49. The molecule has 0 bridgehead atoms. The summed E-state index contributed by atoms with van der Waals surface area (Å²) in [5, 5.41) is 2.66. The molecule has 0 radical (unpaired) electrons. The highest BCUT2D eigenvalue weighted by Crippen LogP contribution is 2.38. The van der Waals surface area contributed by atoms with Crippen LogP contribution in [0.25, 0.3) is 0 Å². The van der Waals surface area contributed by atoms with E-state index in [0.29, 0.717) is 5.56 Å². The summed E-state index contributed by atoms with van der Waals surface area (Å²) < 4.78 is 50.6. The molecule has 1 aliphatic heterocycles. The molecule has 2 amide bonds. The van der Waals surface area contributed by atoms with E-state index in [2.05, 4.69) is 5.32 Å². The monoisotopic (exact) mass is 498 g/mol. The highest BCUT2D eigenvalue weighted by Gasteiger charge is 2.36. The fourth-order valence-electron chi connectivity index (χ4n) is 3.82. The maximum Gasteiger partial charge on any atom is 0.259 e. The van der Waals surface area contributed by atoms with Crippen LogP contribution in [0, 0.1) is 5.82 Å². The van der Waals surface area contributed by atoms with Gasteiger partial charge >= 0.3 is 0 Å². The lowest BCUT2D eigenvalue weighted by molar-refractivity contribution is -0.0974. The Labute approximate surface area is 202 Å². The van der Waals surface area contributed by atoms with Crippen LogP contribution in [0.5, 0.6) is 0 Å². The number of halogens is 1. The third-order valence-electron chi connectivity index (χ3n) is 5.66. The molecule has 1 aliphatic rings. The summed E-state index contributed by atoms with van der Waals surface area (Å²) in [6.45, 7) is 0.0291. The third kappa shape index (κ3) is 4.81. The summed E-state index contributed by atoms with van der Waals surface area (Å²) in [5.41, 5.74) is 0.797. The Balaban J connectivity index is 1.82. The van der Waals surface area contributed by atoms with Crippen LogP contribution in [-0.4, -0.2) is 47.3 Å². The molecule has 0 aliphatic carbocycles. The standard InChI is InChI=1S/C25H23FN2O6S/c1-33-23(34-2)14-27-24(29)17-9-12-22-20(13-17)28(15-16-7-10-18(26)11-8-16)25(30)19-5-3-4-6-21(19)35(22,31)32/h3-13,23H,14-15H2,1-2H3,(H,27,29). The fraction of sp³-hybridized carbons (Fsp3) is 0.200. The molecule has 0 atom stereocenters. The largest absolute Gasteiger partial charge is 0.354 e. The highest BCUT2D eigenvalue weighted by molar-refractivity contribution is 7.91. The van der Waals surface area contributed by atoms with Gasteiger partial charge in [-0.15, -0.1) is 0 Å². The first-order chi connectivity index (χ1) is 16.8. The molecular weight excluding hydrogens is 475 g/mol. The molecule has 1 N–H and O–H groups in total. The molecule has 8 nitrogen and oxygen atoms in total. The fourth-order valence-corrected chi connectivity index (χ4v) is 5.45. The number of anilines is 1. The van der Waals surface area contributed by atoms with E-state index in [-0.39, 0.29) is 39.7 Å². The van der Waals surface area contributed by atoms with Crippen LogP contribution < -0.4 is 10.2 Å². The number of benzene rings is 3. The summed E-state index contributed by atoms with van der Waals surface area (Å²) in [4.78, 5) is 27.4. The van der Waals surface area contributed by atoms with Crippen molar-refractivity contribution < 1.29 is 31.9 Å². The van der Waals surface area contributed by atoms with Gasteiger partial charge in [-0.3, -0.25) is 9.59 Å². The van der Waals surface area contributed by atoms with Gasteiger partial charge in [-0.25, -0.2) is 12.8 Å². The first-order valence-electron chi connectivity index (χ1n) is 10.6.